The molecule has 0 aromatic carbocycles. The smallest absolute Gasteiger partial charge is 0.326 e. The monoisotopic (exact) mass is 297 g/mol. The number of β-amino-alcohol motifs (C(OH)–C–C–N with tert-alkyl or cyclic N) is 1. The zero-order chi connectivity index (χ0) is 15.0. The summed E-state index contributed by atoms with van der Waals surface area (Å²) in [6.45, 7) is 3.69. The van der Waals surface area contributed by atoms with Gasteiger partial charge in [-0.15, -0.1) is 0 Å². The number of hydrogen-bond acceptors (Lipinski definition) is 4. The van der Waals surface area contributed by atoms with Gasteiger partial charge in [-0.05, 0) is 32.4 Å². The molecule has 3 fully saturated rings. The second kappa shape index (κ2) is 5.81. The summed E-state index contributed by atoms with van der Waals surface area (Å²) in [4.78, 5) is 29.2. The van der Waals surface area contributed by atoms with Gasteiger partial charge >= 0.3 is 12.0 Å². The number of carbonyl (C=O) groups excluding carboxylic acids is 1. The summed E-state index contributed by atoms with van der Waals surface area (Å²) >= 11 is 0. The lowest BCUT2D eigenvalue weighted by atomic mass is 10.2. The van der Waals surface area contributed by atoms with Crippen molar-refractivity contribution in [3.63, 3.8) is 0 Å². The van der Waals surface area contributed by atoms with Crippen LogP contribution in [-0.4, -0.2) is 87.8 Å². The Morgan fingerprint density at radius 3 is 2.43 bits per heavy atom. The second-order valence-corrected chi connectivity index (χ2v) is 6.31. The van der Waals surface area contributed by atoms with Crippen molar-refractivity contribution in [2.75, 3.05) is 32.7 Å². The zero-order valence-corrected chi connectivity index (χ0v) is 12.1. The van der Waals surface area contributed by atoms with Crippen molar-refractivity contribution >= 4 is 12.0 Å². The highest BCUT2D eigenvalue weighted by Crippen LogP contribution is 2.25. The third kappa shape index (κ3) is 2.85. The first-order valence-electron chi connectivity index (χ1n) is 7.76. The van der Waals surface area contributed by atoms with Crippen molar-refractivity contribution in [2.24, 2.45) is 0 Å². The van der Waals surface area contributed by atoms with Gasteiger partial charge in [0.05, 0.1) is 6.10 Å². The molecule has 3 heterocycles. The molecule has 3 aliphatic heterocycles. The van der Waals surface area contributed by atoms with Crippen LogP contribution in [0.5, 0.6) is 0 Å². The topological polar surface area (TPSA) is 84.3 Å². The van der Waals surface area contributed by atoms with E-state index in [2.05, 4.69) is 4.90 Å². The Bertz CT molecular complexity index is 424. The van der Waals surface area contributed by atoms with Gasteiger partial charge in [-0.25, -0.2) is 9.59 Å². The maximum Gasteiger partial charge on any atom is 0.326 e. The fourth-order valence-electron chi connectivity index (χ4n) is 3.76. The number of carboxylic acids is 1. The van der Waals surface area contributed by atoms with Crippen LogP contribution in [0.15, 0.2) is 0 Å². The molecular weight excluding hydrogens is 274 g/mol. The number of aliphatic hydroxyl groups excluding tert-OH is 1. The van der Waals surface area contributed by atoms with E-state index in [1.807, 2.05) is 0 Å². The van der Waals surface area contributed by atoms with Crippen LogP contribution in [0, 0.1) is 0 Å². The minimum atomic E-state index is -1.03. The van der Waals surface area contributed by atoms with Crippen LogP contribution >= 0.6 is 0 Å². The fraction of sp³-hybridized carbons (Fsp3) is 0.857. The molecule has 118 valence electrons. The summed E-state index contributed by atoms with van der Waals surface area (Å²) < 4.78 is 0. The van der Waals surface area contributed by atoms with Crippen molar-refractivity contribution in [1.29, 1.82) is 0 Å². The summed E-state index contributed by atoms with van der Waals surface area (Å²) in [5, 5.41) is 18.8. The van der Waals surface area contributed by atoms with Crippen LogP contribution in [-0.2, 0) is 4.79 Å². The van der Waals surface area contributed by atoms with Gasteiger partial charge in [-0.2, -0.15) is 0 Å². The number of urea groups is 1. The van der Waals surface area contributed by atoms with Gasteiger partial charge < -0.3 is 20.0 Å². The number of rotatable bonds is 2. The number of aliphatic carboxylic acids is 1. The third-order valence-corrected chi connectivity index (χ3v) is 4.90. The van der Waals surface area contributed by atoms with Crippen molar-refractivity contribution in [1.82, 2.24) is 14.7 Å². The number of carbonyl (C=O) groups is 2. The Morgan fingerprint density at radius 1 is 1.05 bits per heavy atom. The molecule has 7 nitrogen and oxygen atoms in total. The molecule has 0 spiro atoms. The Hall–Kier alpha value is -1.34. The van der Waals surface area contributed by atoms with Gasteiger partial charge in [-0.1, -0.05) is 0 Å². The Labute approximate surface area is 124 Å². The molecule has 0 aromatic rings. The van der Waals surface area contributed by atoms with E-state index in [-0.39, 0.29) is 19.0 Å². The van der Waals surface area contributed by atoms with Crippen LogP contribution in [0.1, 0.15) is 25.7 Å². The number of nitrogens with zero attached hydrogens (tertiary/aromatic N) is 3. The van der Waals surface area contributed by atoms with E-state index in [1.54, 1.807) is 4.90 Å². The van der Waals surface area contributed by atoms with E-state index in [0.29, 0.717) is 19.1 Å². The second-order valence-electron chi connectivity index (χ2n) is 6.31. The van der Waals surface area contributed by atoms with Gasteiger partial charge in [-0.3, -0.25) is 4.90 Å². The Balaban J connectivity index is 1.61. The third-order valence-electron chi connectivity index (χ3n) is 4.90. The molecule has 0 radical (unpaired) electrons. The Kier molecular flexibility index (Phi) is 4.03. The standard InChI is InChI=1S/C14H23N3O4/c18-11-7-12(13(19)20)17(9-11)14(21)16-6-3-10(8-16)15-4-1-2-5-15/h10-12,18H,1-9H2,(H,19,20)/t10?,11?,12-/m0/s1. The molecule has 0 aliphatic carbocycles. The Morgan fingerprint density at radius 2 is 1.76 bits per heavy atom. The molecule has 2 unspecified atom stereocenters. The molecule has 3 saturated heterocycles. The highest BCUT2D eigenvalue weighted by Gasteiger charge is 2.42. The van der Waals surface area contributed by atoms with E-state index in [4.69, 9.17) is 0 Å². The predicted octanol–water partition coefficient (Wildman–Crippen LogP) is -0.204. The zero-order valence-electron chi connectivity index (χ0n) is 12.1. The molecule has 3 rings (SSSR count). The maximum absolute atomic E-state index is 12.5. The number of aliphatic hydroxyl groups is 1. The number of amides is 2. The highest BCUT2D eigenvalue weighted by molar-refractivity contribution is 5.83. The summed E-state index contributed by atoms with van der Waals surface area (Å²) in [5.41, 5.74) is 0. The normalized spacial score (nSPS) is 33.9. The molecule has 2 amide bonds. The van der Waals surface area contributed by atoms with Gasteiger partial charge in [0.25, 0.3) is 0 Å². The summed E-state index contributed by atoms with van der Waals surface area (Å²) in [7, 11) is 0. The fourth-order valence-corrected chi connectivity index (χ4v) is 3.76. The minimum absolute atomic E-state index is 0.126. The van der Waals surface area contributed by atoms with Gasteiger partial charge in [0.1, 0.15) is 6.04 Å². The number of likely N-dealkylation sites (tertiary alicyclic amines) is 3. The lowest BCUT2D eigenvalue weighted by Crippen LogP contribution is -2.48. The summed E-state index contributed by atoms with van der Waals surface area (Å²) in [6.07, 6.45) is 2.81. The van der Waals surface area contributed by atoms with Crippen molar-refractivity contribution in [2.45, 2.75) is 43.9 Å². The molecular formula is C14H23N3O4. The van der Waals surface area contributed by atoms with E-state index in [0.717, 1.165) is 19.5 Å². The predicted molar refractivity (Wildman–Crippen MR) is 74.9 cm³/mol. The molecule has 0 bridgehead atoms. The molecule has 7 heteroatoms. The molecule has 2 N–H and O–H groups in total. The lowest BCUT2D eigenvalue weighted by Gasteiger charge is -2.28. The van der Waals surface area contributed by atoms with E-state index in [9.17, 15) is 19.8 Å². The first kappa shape index (κ1) is 14.6. The van der Waals surface area contributed by atoms with Crippen LogP contribution in [0.25, 0.3) is 0 Å². The van der Waals surface area contributed by atoms with E-state index in [1.165, 1.54) is 17.7 Å². The van der Waals surface area contributed by atoms with Crippen LogP contribution in [0.4, 0.5) is 4.79 Å². The molecule has 0 saturated carbocycles. The van der Waals surface area contributed by atoms with Crippen molar-refractivity contribution < 1.29 is 19.8 Å². The first-order valence-corrected chi connectivity index (χ1v) is 7.76. The van der Waals surface area contributed by atoms with Gasteiger partial charge in [0.15, 0.2) is 0 Å². The van der Waals surface area contributed by atoms with Crippen molar-refractivity contribution in [3.05, 3.63) is 0 Å². The highest BCUT2D eigenvalue weighted by atomic mass is 16.4. The molecule has 3 atom stereocenters. The molecule has 0 aromatic heterocycles. The number of hydrogen-bond donors (Lipinski definition) is 2. The minimum Gasteiger partial charge on any atom is -0.480 e. The lowest BCUT2D eigenvalue weighted by molar-refractivity contribution is -0.141. The van der Waals surface area contributed by atoms with E-state index < -0.39 is 18.1 Å². The first-order chi connectivity index (χ1) is 10.1. The van der Waals surface area contributed by atoms with Gasteiger partial charge in [0, 0.05) is 32.1 Å². The van der Waals surface area contributed by atoms with Crippen LogP contribution < -0.4 is 0 Å². The summed E-state index contributed by atoms with van der Waals surface area (Å²) in [6, 6.07) is -0.716. The van der Waals surface area contributed by atoms with Gasteiger partial charge in [0.2, 0.25) is 0 Å². The SMILES string of the molecule is O=C(O)[C@@H]1CC(O)CN1C(=O)N1CCC(N2CCCC2)C1. The average Bonchev–Trinajstić information content (AvgIpc) is 3.17. The molecule has 3 aliphatic rings. The van der Waals surface area contributed by atoms with Crippen molar-refractivity contribution in [3.8, 4) is 0 Å². The molecule has 21 heavy (non-hydrogen) atoms. The summed E-state index contributed by atoms with van der Waals surface area (Å²) in [5.74, 6) is -1.03. The van der Waals surface area contributed by atoms with Crippen LogP contribution in [0.2, 0.25) is 0 Å². The average molecular weight is 297 g/mol. The quantitative estimate of drug-likeness (QED) is 0.737. The number of carboxylic acid groups (broad SMARTS) is 1. The van der Waals surface area contributed by atoms with E-state index >= 15 is 0 Å². The largest absolute Gasteiger partial charge is 0.480 e. The maximum atomic E-state index is 12.5. The van der Waals surface area contributed by atoms with Crippen LogP contribution in [0.3, 0.4) is 0 Å².